The van der Waals surface area contributed by atoms with Gasteiger partial charge >= 0.3 is 0 Å². The van der Waals surface area contributed by atoms with E-state index in [1.165, 1.54) is 43.2 Å². The number of benzene rings is 1. The maximum atomic E-state index is 13.2. The van der Waals surface area contributed by atoms with Gasteiger partial charge in [0.05, 0.1) is 0 Å². The maximum absolute atomic E-state index is 13.2. The summed E-state index contributed by atoms with van der Waals surface area (Å²) in [7, 11) is 0. The Labute approximate surface area is 122 Å². The van der Waals surface area contributed by atoms with Gasteiger partial charge in [-0.15, -0.1) is 0 Å². The molecule has 20 heavy (non-hydrogen) atoms. The lowest BCUT2D eigenvalue weighted by atomic mass is 9.81. The van der Waals surface area contributed by atoms with E-state index in [0.29, 0.717) is 6.04 Å². The van der Waals surface area contributed by atoms with E-state index in [0.717, 1.165) is 31.2 Å². The van der Waals surface area contributed by atoms with Crippen LogP contribution in [0.1, 0.15) is 62.6 Å². The minimum absolute atomic E-state index is 0.0966. The monoisotopic (exact) mass is 275 g/mol. The molecule has 2 aliphatic rings. The van der Waals surface area contributed by atoms with Gasteiger partial charge in [0, 0.05) is 6.04 Å². The molecule has 0 radical (unpaired) electrons. The van der Waals surface area contributed by atoms with Crippen molar-refractivity contribution in [1.29, 1.82) is 0 Å². The highest BCUT2D eigenvalue weighted by atomic mass is 19.1. The average molecular weight is 275 g/mol. The summed E-state index contributed by atoms with van der Waals surface area (Å²) in [6.45, 7) is 3.49. The quantitative estimate of drug-likeness (QED) is 0.845. The van der Waals surface area contributed by atoms with E-state index in [9.17, 15) is 4.39 Å². The Morgan fingerprint density at radius 3 is 2.75 bits per heavy atom. The molecule has 1 atom stereocenters. The van der Waals surface area contributed by atoms with E-state index in [2.05, 4.69) is 12.2 Å². The zero-order chi connectivity index (χ0) is 13.9. The highest BCUT2D eigenvalue weighted by Crippen LogP contribution is 2.33. The lowest BCUT2D eigenvalue weighted by Crippen LogP contribution is -2.24. The first-order valence-electron chi connectivity index (χ1n) is 8.24. The van der Waals surface area contributed by atoms with Gasteiger partial charge in [0.25, 0.3) is 0 Å². The Hall–Kier alpha value is -0.890. The summed E-state index contributed by atoms with van der Waals surface area (Å²) in [5, 5.41) is 3.69. The van der Waals surface area contributed by atoms with Crippen LogP contribution in [0.3, 0.4) is 0 Å². The summed E-state index contributed by atoms with van der Waals surface area (Å²) in [5.41, 5.74) is 2.53. The van der Waals surface area contributed by atoms with Crippen LogP contribution in [0, 0.1) is 17.7 Å². The van der Waals surface area contributed by atoms with Gasteiger partial charge in [-0.25, -0.2) is 4.39 Å². The second kappa shape index (κ2) is 6.26. The van der Waals surface area contributed by atoms with Crippen molar-refractivity contribution in [3.63, 3.8) is 0 Å². The van der Waals surface area contributed by atoms with Crippen molar-refractivity contribution in [3.05, 3.63) is 35.1 Å². The van der Waals surface area contributed by atoms with Gasteiger partial charge < -0.3 is 5.32 Å². The fourth-order valence-corrected chi connectivity index (χ4v) is 3.88. The first-order chi connectivity index (χ1) is 9.72. The van der Waals surface area contributed by atoms with E-state index in [4.69, 9.17) is 0 Å². The number of hydrogen-bond donors (Lipinski definition) is 1. The van der Waals surface area contributed by atoms with Crippen LogP contribution in [0.15, 0.2) is 18.2 Å². The third-order valence-electron chi connectivity index (χ3n) is 5.26. The second-order valence-electron chi connectivity index (χ2n) is 6.80. The molecule has 1 aromatic carbocycles. The Morgan fingerprint density at radius 2 is 1.95 bits per heavy atom. The highest BCUT2D eigenvalue weighted by Gasteiger charge is 2.23. The van der Waals surface area contributed by atoms with Crippen molar-refractivity contribution in [2.45, 2.75) is 57.9 Å². The third-order valence-corrected chi connectivity index (χ3v) is 5.26. The zero-order valence-electron chi connectivity index (χ0n) is 12.5. The van der Waals surface area contributed by atoms with Crippen molar-refractivity contribution >= 4 is 0 Å². The molecule has 1 nitrogen and oxygen atoms in total. The average Bonchev–Trinajstić information content (AvgIpc) is 2.83. The number of halogens is 1. The van der Waals surface area contributed by atoms with Crippen LogP contribution < -0.4 is 5.32 Å². The van der Waals surface area contributed by atoms with Crippen molar-refractivity contribution in [3.8, 4) is 0 Å². The number of aryl methyl sites for hydroxylation is 1. The lowest BCUT2D eigenvalue weighted by Gasteiger charge is -2.26. The number of hydrogen-bond acceptors (Lipinski definition) is 1. The van der Waals surface area contributed by atoms with Gasteiger partial charge in [-0.2, -0.15) is 0 Å². The van der Waals surface area contributed by atoms with Gasteiger partial charge in [0.1, 0.15) is 5.82 Å². The molecule has 3 rings (SSSR count). The Kier molecular flexibility index (Phi) is 4.40. The first-order valence-corrected chi connectivity index (χ1v) is 8.24. The summed E-state index contributed by atoms with van der Waals surface area (Å²) >= 11 is 0. The normalized spacial score (nSPS) is 29.4. The van der Waals surface area contributed by atoms with Crippen LogP contribution in [-0.2, 0) is 6.42 Å². The van der Waals surface area contributed by atoms with Gasteiger partial charge in [0.15, 0.2) is 0 Å². The third kappa shape index (κ3) is 3.22. The minimum atomic E-state index is -0.0966. The summed E-state index contributed by atoms with van der Waals surface area (Å²) < 4.78 is 13.2. The molecule has 0 aromatic heterocycles. The molecule has 0 bridgehead atoms. The molecule has 1 unspecified atom stereocenters. The highest BCUT2D eigenvalue weighted by molar-refractivity contribution is 5.34. The Balaban J connectivity index is 1.46. The molecule has 0 saturated heterocycles. The molecular weight excluding hydrogens is 249 g/mol. The van der Waals surface area contributed by atoms with Crippen LogP contribution in [-0.4, -0.2) is 6.54 Å². The fraction of sp³-hybridized carbons (Fsp3) is 0.667. The summed E-state index contributed by atoms with van der Waals surface area (Å²) in [6.07, 6.45) is 9.10. The van der Waals surface area contributed by atoms with Gasteiger partial charge in [-0.3, -0.25) is 0 Å². The Morgan fingerprint density at radius 1 is 1.15 bits per heavy atom. The smallest absolute Gasteiger partial charge is 0.123 e. The Bertz CT molecular complexity index is 449. The second-order valence-corrected chi connectivity index (χ2v) is 6.80. The van der Waals surface area contributed by atoms with Gasteiger partial charge in [-0.05, 0) is 60.9 Å². The topological polar surface area (TPSA) is 12.0 Å². The van der Waals surface area contributed by atoms with Crippen LogP contribution in [0.25, 0.3) is 0 Å². The standard InChI is InChI=1S/C18H26FN/c1-13-2-4-14(5-3-13)10-11-20-18-9-6-15-12-16(19)7-8-17(15)18/h7-8,12-14,18,20H,2-6,9-11H2,1H3. The van der Waals surface area contributed by atoms with E-state index >= 15 is 0 Å². The SMILES string of the molecule is CC1CCC(CCNC2CCc3cc(F)ccc32)CC1. The largest absolute Gasteiger partial charge is 0.310 e. The molecule has 2 aliphatic carbocycles. The minimum Gasteiger partial charge on any atom is -0.310 e. The van der Waals surface area contributed by atoms with Gasteiger partial charge in [0.2, 0.25) is 0 Å². The van der Waals surface area contributed by atoms with E-state index in [1.807, 2.05) is 6.07 Å². The predicted octanol–water partition coefficient (Wildman–Crippen LogP) is 4.62. The fourth-order valence-electron chi connectivity index (χ4n) is 3.88. The zero-order valence-corrected chi connectivity index (χ0v) is 12.5. The van der Waals surface area contributed by atoms with Crippen LogP contribution in [0.2, 0.25) is 0 Å². The molecule has 2 heteroatoms. The molecule has 1 saturated carbocycles. The van der Waals surface area contributed by atoms with Crippen LogP contribution >= 0.6 is 0 Å². The molecule has 1 fully saturated rings. The molecule has 0 aliphatic heterocycles. The van der Waals surface area contributed by atoms with Crippen molar-refractivity contribution in [2.75, 3.05) is 6.54 Å². The number of nitrogens with one attached hydrogen (secondary N) is 1. The molecular formula is C18H26FN. The molecule has 0 amide bonds. The van der Waals surface area contributed by atoms with Crippen LogP contribution in [0.5, 0.6) is 0 Å². The molecule has 1 N–H and O–H groups in total. The van der Waals surface area contributed by atoms with Crippen molar-refractivity contribution in [1.82, 2.24) is 5.32 Å². The van der Waals surface area contributed by atoms with E-state index < -0.39 is 0 Å². The van der Waals surface area contributed by atoms with Crippen molar-refractivity contribution < 1.29 is 4.39 Å². The van der Waals surface area contributed by atoms with E-state index in [1.54, 1.807) is 12.1 Å². The summed E-state index contributed by atoms with van der Waals surface area (Å²) in [4.78, 5) is 0. The first kappa shape index (κ1) is 14.1. The summed E-state index contributed by atoms with van der Waals surface area (Å²) in [6, 6.07) is 5.73. The van der Waals surface area contributed by atoms with Crippen molar-refractivity contribution in [2.24, 2.45) is 11.8 Å². The predicted molar refractivity (Wildman–Crippen MR) is 81.2 cm³/mol. The number of fused-ring (bicyclic) bond motifs is 1. The molecule has 110 valence electrons. The molecule has 0 heterocycles. The number of rotatable bonds is 4. The van der Waals surface area contributed by atoms with Crippen LogP contribution in [0.4, 0.5) is 4.39 Å². The molecule has 0 spiro atoms. The lowest BCUT2D eigenvalue weighted by molar-refractivity contribution is 0.272. The summed E-state index contributed by atoms with van der Waals surface area (Å²) in [5.74, 6) is 1.77. The van der Waals surface area contributed by atoms with Gasteiger partial charge in [-0.1, -0.05) is 38.7 Å². The maximum Gasteiger partial charge on any atom is 0.123 e. The van der Waals surface area contributed by atoms with E-state index in [-0.39, 0.29) is 5.82 Å². The molecule has 1 aromatic rings.